The van der Waals surface area contributed by atoms with Crippen molar-refractivity contribution in [3.63, 3.8) is 0 Å². The zero-order valence-corrected chi connectivity index (χ0v) is 7.37. The smallest absolute Gasteiger partial charge is 0.125 e. The van der Waals surface area contributed by atoms with E-state index < -0.39 is 0 Å². The molecule has 3 unspecified atom stereocenters. The standard InChI is InChI=1S/C10H16O2/c11-6-8-5-9-3-1-2-4-10(9)12-7-8/h6,8-10H,1-5,7H2. The molecule has 0 spiro atoms. The highest BCUT2D eigenvalue weighted by Gasteiger charge is 2.32. The predicted molar refractivity (Wildman–Crippen MR) is 45.9 cm³/mol. The van der Waals surface area contributed by atoms with Crippen molar-refractivity contribution in [2.75, 3.05) is 6.61 Å². The molecule has 1 aliphatic heterocycles. The van der Waals surface area contributed by atoms with E-state index in [1.807, 2.05) is 0 Å². The van der Waals surface area contributed by atoms with E-state index in [4.69, 9.17) is 4.74 Å². The molecule has 0 N–H and O–H groups in total. The molecule has 0 radical (unpaired) electrons. The summed E-state index contributed by atoms with van der Waals surface area (Å²) in [4.78, 5) is 10.6. The van der Waals surface area contributed by atoms with Crippen LogP contribution < -0.4 is 0 Å². The fourth-order valence-electron chi connectivity index (χ4n) is 2.46. The monoisotopic (exact) mass is 168 g/mol. The van der Waals surface area contributed by atoms with Gasteiger partial charge >= 0.3 is 0 Å². The van der Waals surface area contributed by atoms with Crippen molar-refractivity contribution in [3.05, 3.63) is 0 Å². The molecule has 2 aliphatic rings. The molecule has 0 aromatic rings. The minimum Gasteiger partial charge on any atom is -0.377 e. The molecule has 0 aromatic carbocycles. The van der Waals surface area contributed by atoms with Crippen molar-refractivity contribution in [2.45, 2.75) is 38.2 Å². The van der Waals surface area contributed by atoms with Crippen molar-refractivity contribution in [1.82, 2.24) is 0 Å². The van der Waals surface area contributed by atoms with Crippen LogP contribution in [-0.4, -0.2) is 19.0 Å². The summed E-state index contributed by atoms with van der Waals surface area (Å²) in [6.45, 7) is 0.671. The Hall–Kier alpha value is -0.370. The lowest BCUT2D eigenvalue weighted by Crippen LogP contribution is -2.37. The molecule has 12 heavy (non-hydrogen) atoms. The van der Waals surface area contributed by atoms with E-state index in [0.29, 0.717) is 18.6 Å². The van der Waals surface area contributed by atoms with Crippen LogP contribution in [0.5, 0.6) is 0 Å². The summed E-state index contributed by atoms with van der Waals surface area (Å²) in [6.07, 6.45) is 7.75. The van der Waals surface area contributed by atoms with E-state index in [0.717, 1.165) is 12.7 Å². The van der Waals surface area contributed by atoms with Crippen LogP contribution in [0.15, 0.2) is 0 Å². The SMILES string of the molecule is O=CC1COC2CCCCC2C1. The van der Waals surface area contributed by atoms with E-state index in [2.05, 4.69) is 0 Å². The van der Waals surface area contributed by atoms with Crippen molar-refractivity contribution >= 4 is 6.29 Å². The topological polar surface area (TPSA) is 26.3 Å². The number of ether oxygens (including phenoxy) is 1. The van der Waals surface area contributed by atoms with Crippen LogP contribution in [0.25, 0.3) is 0 Å². The van der Waals surface area contributed by atoms with Gasteiger partial charge in [-0.1, -0.05) is 12.8 Å². The second-order valence-corrected chi connectivity index (χ2v) is 4.05. The van der Waals surface area contributed by atoms with Gasteiger partial charge in [0.25, 0.3) is 0 Å². The molecule has 1 aliphatic carbocycles. The molecule has 0 amide bonds. The summed E-state index contributed by atoms with van der Waals surface area (Å²) in [7, 11) is 0. The number of aldehydes is 1. The van der Waals surface area contributed by atoms with Gasteiger partial charge in [0.1, 0.15) is 6.29 Å². The number of carbonyl (C=O) groups is 1. The van der Waals surface area contributed by atoms with Crippen molar-refractivity contribution in [3.8, 4) is 0 Å². The summed E-state index contributed by atoms with van der Waals surface area (Å²) in [5, 5.41) is 0. The lowest BCUT2D eigenvalue weighted by atomic mass is 9.79. The third-order valence-corrected chi connectivity index (χ3v) is 3.16. The largest absolute Gasteiger partial charge is 0.377 e. The first-order valence-corrected chi connectivity index (χ1v) is 4.97. The van der Waals surface area contributed by atoms with E-state index >= 15 is 0 Å². The maximum absolute atomic E-state index is 10.6. The minimum atomic E-state index is 0.185. The number of rotatable bonds is 1. The van der Waals surface area contributed by atoms with E-state index in [1.54, 1.807) is 0 Å². The second-order valence-electron chi connectivity index (χ2n) is 4.05. The summed E-state index contributed by atoms with van der Waals surface area (Å²) < 4.78 is 5.65. The summed E-state index contributed by atoms with van der Waals surface area (Å²) in [5.74, 6) is 0.868. The van der Waals surface area contributed by atoms with Crippen LogP contribution in [0.1, 0.15) is 32.1 Å². The van der Waals surface area contributed by atoms with Gasteiger partial charge in [-0.3, -0.25) is 0 Å². The molecule has 1 saturated carbocycles. The normalized spacial score (nSPS) is 41.8. The van der Waals surface area contributed by atoms with Gasteiger partial charge in [-0.2, -0.15) is 0 Å². The Morgan fingerprint density at radius 2 is 2.08 bits per heavy atom. The third kappa shape index (κ3) is 1.53. The number of hydrogen-bond acceptors (Lipinski definition) is 2. The number of hydrogen-bond donors (Lipinski definition) is 0. The van der Waals surface area contributed by atoms with Gasteiger partial charge in [0.2, 0.25) is 0 Å². The predicted octanol–water partition coefficient (Wildman–Crippen LogP) is 1.78. The molecule has 2 heteroatoms. The summed E-state index contributed by atoms with van der Waals surface area (Å²) >= 11 is 0. The molecule has 2 nitrogen and oxygen atoms in total. The Balaban J connectivity index is 1.93. The minimum absolute atomic E-state index is 0.185. The quantitative estimate of drug-likeness (QED) is 0.558. The fraction of sp³-hybridized carbons (Fsp3) is 0.900. The average molecular weight is 168 g/mol. The van der Waals surface area contributed by atoms with Crippen molar-refractivity contribution in [1.29, 1.82) is 0 Å². The van der Waals surface area contributed by atoms with Crippen LogP contribution in [-0.2, 0) is 9.53 Å². The second kappa shape index (κ2) is 3.56. The van der Waals surface area contributed by atoms with Crippen LogP contribution >= 0.6 is 0 Å². The van der Waals surface area contributed by atoms with Crippen LogP contribution in [0, 0.1) is 11.8 Å². The van der Waals surface area contributed by atoms with E-state index in [1.165, 1.54) is 25.7 Å². The van der Waals surface area contributed by atoms with Gasteiger partial charge in [0.15, 0.2) is 0 Å². The van der Waals surface area contributed by atoms with E-state index in [-0.39, 0.29) is 5.92 Å². The Morgan fingerprint density at radius 1 is 1.25 bits per heavy atom. The van der Waals surface area contributed by atoms with Gasteiger partial charge in [0, 0.05) is 5.92 Å². The van der Waals surface area contributed by atoms with Crippen LogP contribution in [0.3, 0.4) is 0 Å². The lowest BCUT2D eigenvalue weighted by Gasteiger charge is -2.37. The first kappa shape index (κ1) is 8.24. The zero-order valence-electron chi connectivity index (χ0n) is 7.37. The maximum Gasteiger partial charge on any atom is 0.125 e. The molecule has 0 bridgehead atoms. The van der Waals surface area contributed by atoms with Crippen LogP contribution in [0.4, 0.5) is 0 Å². The summed E-state index contributed by atoms with van der Waals surface area (Å²) in [6, 6.07) is 0. The van der Waals surface area contributed by atoms with Gasteiger partial charge in [0.05, 0.1) is 12.7 Å². The van der Waals surface area contributed by atoms with Crippen molar-refractivity contribution in [2.24, 2.45) is 11.8 Å². The maximum atomic E-state index is 10.6. The lowest BCUT2D eigenvalue weighted by molar-refractivity contribution is -0.123. The molecular weight excluding hydrogens is 152 g/mol. The molecule has 0 aromatic heterocycles. The molecule has 2 rings (SSSR count). The molecule has 3 atom stereocenters. The fourth-order valence-corrected chi connectivity index (χ4v) is 2.46. The van der Waals surface area contributed by atoms with Crippen LogP contribution in [0.2, 0.25) is 0 Å². The first-order valence-electron chi connectivity index (χ1n) is 4.97. The van der Waals surface area contributed by atoms with Gasteiger partial charge in [-0.05, 0) is 25.2 Å². The molecule has 1 heterocycles. The Labute approximate surface area is 73.3 Å². The average Bonchev–Trinajstić information content (AvgIpc) is 2.17. The molecule has 1 saturated heterocycles. The zero-order chi connectivity index (χ0) is 8.39. The molecule has 68 valence electrons. The highest BCUT2D eigenvalue weighted by molar-refractivity contribution is 5.53. The Morgan fingerprint density at radius 3 is 2.92 bits per heavy atom. The number of fused-ring (bicyclic) bond motifs is 1. The van der Waals surface area contributed by atoms with Gasteiger partial charge in [-0.15, -0.1) is 0 Å². The Bertz CT molecular complexity index is 167. The summed E-state index contributed by atoms with van der Waals surface area (Å²) in [5.41, 5.74) is 0. The molecule has 2 fully saturated rings. The highest BCUT2D eigenvalue weighted by Crippen LogP contribution is 2.34. The third-order valence-electron chi connectivity index (χ3n) is 3.16. The highest BCUT2D eigenvalue weighted by atomic mass is 16.5. The van der Waals surface area contributed by atoms with Crippen molar-refractivity contribution < 1.29 is 9.53 Å². The van der Waals surface area contributed by atoms with E-state index in [9.17, 15) is 4.79 Å². The van der Waals surface area contributed by atoms with Gasteiger partial charge in [-0.25, -0.2) is 0 Å². The Kier molecular flexibility index (Phi) is 2.45. The number of carbonyl (C=O) groups excluding carboxylic acids is 1. The first-order chi connectivity index (χ1) is 5.90. The van der Waals surface area contributed by atoms with Gasteiger partial charge < -0.3 is 9.53 Å². The molecular formula is C10H16O2.